The molecular formula is C11H15NO2S. The summed E-state index contributed by atoms with van der Waals surface area (Å²) >= 11 is 1.42. The minimum Gasteiger partial charge on any atom is -0.468 e. The van der Waals surface area contributed by atoms with E-state index in [1.807, 2.05) is 32.9 Å². The molecule has 1 rings (SSSR count). The number of nitrogens with zero attached hydrogens (tertiary/aromatic N) is 1. The molecule has 0 aromatic carbocycles. The van der Waals surface area contributed by atoms with Gasteiger partial charge in [-0.15, -0.1) is 0 Å². The van der Waals surface area contributed by atoms with Crippen LogP contribution in [0.4, 0.5) is 0 Å². The van der Waals surface area contributed by atoms with Gasteiger partial charge in [0, 0.05) is 5.69 Å². The van der Waals surface area contributed by atoms with Crippen molar-refractivity contribution < 1.29 is 9.53 Å². The monoisotopic (exact) mass is 225 g/mol. The lowest BCUT2D eigenvalue weighted by Crippen LogP contribution is -2.14. The number of carbonyl (C=O) groups is 1. The summed E-state index contributed by atoms with van der Waals surface area (Å²) in [6, 6.07) is 3.98. The lowest BCUT2D eigenvalue weighted by molar-refractivity contribution is -0.139. The van der Waals surface area contributed by atoms with Crippen molar-refractivity contribution in [1.82, 2.24) is 4.98 Å². The van der Waals surface area contributed by atoms with E-state index in [4.69, 9.17) is 0 Å². The van der Waals surface area contributed by atoms with Crippen LogP contribution in [0.5, 0.6) is 0 Å². The largest absolute Gasteiger partial charge is 0.468 e. The van der Waals surface area contributed by atoms with Crippen LogP contribution in [0.1, 0.15) is 18.2 Å². The SMILES string of the molecule is COC(=O)C(C)Sc1cc(C)cc(C)n1. The average molecular weight is 225 g/mol. The summed E-state index contributed by atoms with van der Waals surface area (Å²) in [7, 11) is 1.40. The molecule has 0 fully saturated rings. The maximum Gasteiger partial charge on any atom is 0.318 e. The van der Waals surface area contributed by atoms with E-state index in [0.717, 1.165) is 16.3 Å². The molecule has 0 aliphatic heterocycles. The van der Waals surface area contributed by atoms with Crippen molar-refractivity contribution in [2.24, 2.45) is 0 Å². The number of esters is 1. The summed E-state index contributed by atoms with van der Waals surface area (Å²) in [5.74, 6) is -0.221. The molecule has 0 aliphatic rings. The molecule has 0 aliphatic carbocycles. The number of carbonyl (C=O) groups excluding carboxylic acids is 1. The molecule has 0 N–H and O–H groups in total. The highest BCUT2D eigenvalue weighted by atomic mass is 32.2. The number of rotatable bonds is 3. The highest BCUT2D eigenvalue weighted by Crippen LogP contribution is 2.23. The molecule has 1 unspecified atom stereocenters. The molecule has 0 saturated carbocycles. The highest BCUT2D eigenvalue weighted by Gasteiger charge is 2.15. The van der Waals surface area contributed by atoms with Crippen molar-refractivity contribution in [3.8, 4) is 0 Å². The molecule has 3 nitrogen and oxygen atoms in total. The fourth-order valence-electron chi connectivity index (χ4n) is 1.26. The Kier molecular flexibility index (Phi) is 4.15. The number of ether oxygens (including phenoxy) is 1. The molecule has 1 aromatic heterocycles. The second kappa shape index (κ2) is 5.16. The van der Waals surface area contributed by atoms with E-state index >= 15 is 0 Å². The van der Waals surface area contributed by atoms with Gasteiger partial charge in [0.15, 0.2) is 0 Å². The fourth-order valence-corrected chi connectivity index (χ4v) is 2.27. The summed E-state index contributed by atoms with van der Waals surface area (Å²) in [5, 5.41) is 0.647. The number of hydrogen-bond acceptors (Lipinski definition) is 4. The zero-order valence-corrected chi connectivity index (χ0v) is 10.2. The molecule has 82 valence electrons. The zero-order valence-electron chi connectivity index (χ0n) is 9.40. The number of thioether (sulfide) groups is 1. The predicted molar refractivity (Wildman–Crippen MR) is 61.0 cm³/mol. The topological polar surface area (TPSA) is 39.2 Å². The molecule has 1 atom stereocenters. The zero-order chi connectivity index (χ0) is 11.4. The Morgan fingerprint density at radius 2 is 2.13 bits per heavy atom. The molecule has 0 radical (unpaired) electrons. The summed E-state index contributed by atoms with van der Waals surface area (Å²) < 4.78 is 4.66. The number of aromatic nitrogens is 1. The number of pyridine rings is 1. The molecule has 0 bridgehead atoms. The van der Waals surface area contributed by atoms with Crippen LogP contribution in [0, 0.1) is 13.8 Å². The lowest BCUT2D eigenvalue weighted by atomic mass is 10.3. The van der Waals surface area contributed by atoms with Gasteiger partial charge in [0.2, 0.25) is 0 Å². The molecule has 0 saturated heterocycles. The third kappa shape index (κ3) is 3.55. The van der Waals surface area contributed by atoms with Gasteiger partial charge in [-0.25, -0.2) is 4.98 Å². The first-order valence-corrected chi connectivity index (χ1v) is 5.60. The van der Waals surface area contributed by atoms with Crippen LogP contribution in [0.2, 0.25) is 0 Å². The van der Waals surface area contributed by atoms with Gasteiger partial charge in [-0.05, 0) is 38.5 Å². The molecule has 15 heavy (non-hydrogen) atoms. The van der Waals surface area contributed by atoms with Crippen molar-refractivity contribution >= 4 is 17.7 Å². The Bertz CT molecular complexity index is 345. The van der Waals surface area contributed by atoms with E-state index in [0.29, 0.717) is 0 Å². The second-order valence-corrected chi connectivity index (χ2v) is 4.77. The first-order chi connectivity index (χ1) is 7.02. The van der Waals surface area contributed by atoms with Gasteiger partial charge in [0.05, 0.1) is 12.1 Å². The van der Waals surface area contributed by atoms with Crippen molar-refractivity contribution in [1.29, 1.82) is 0 Å². The minimum absolute atomic E-state index is 0.219. The Balaban J connectivity index is 2.76. The van der Waals surface area contributed by atoms with Crippen molar-refractivity contribution in [2.75, 3.05) is 7.11 Å². The van der Waals surface area contributed by atoms with Crippen LogP contribution in [0.3, 0.4) is 0 Å². The van der Waals surface area contributed by atoms with E-state index in [-0.39, 0.29) is 11.2 Å². The number of methoxy groups -OCH3 is 1. The molecule has 1 aromatic rings. The highest BCUT2D eigenvalue weighted by molar-refractivity contribution is 8.00. The van der Waals surface area contributed by atoms with Crippen LogP contribution >= 0.6 is 11.8 Å². The summed E-state index contributed by atoms with van der Waals surface area (Å²) in [5.41, 5.74) is 2.12. The maximum atomic E-state index is 11.2. The van der Waals surface area contributed by atoms with Gasteiger partial charge in [0.25, 0.3) is 0 Å². The summed E-state index contributed by atoms with van der Waals surface area (Å²) in [6.45, 7) is 5.78. The summed E-state index contributed by atoms with van der Waals surface area (Å²) in [6.07, 6.45) is 0. The van der Waals surface area contributed by atoms with E-state index in [2.05, 4.69) is 9.72 Å². The third-order valence-corrected chi connectivity index (χ3v) is 2.90. The van der Waals surface area contributed by atoms with Gasteiger partial charge in [-0.2, -0.15) is 0 Å². The predicted octanol–water partition coefficient (Wildman–Crippen LogP) is 2.35. The Hall–Kier alpha value is -1.03. The second-order valence-electron chi connectivity index (χ2n) is 3.41. The molecule has 0 amide bonds. The van der Waals surface area contributed by atoms with E-state index in [1.165, 1.54) is 18.9 Å². The Morgan fingerprint density at radius 1 is 1.47 bits per heavy atom. The maximum absolute atomic E-state index is 11.2. The standard InChI is InChI=1S/C11H15NO2S/c1-7-5-8(2)12-10(6-7)15-9(3)11(13)14-4/h5-6,9H,1-4H3. The summed E-state index contributed by atoms with van der Waals surface area (Å²) in [4.78, 5) is 15.6. The quantitative estimate of drug-likeness (QED) is 0.584. The van der Waals surface area contributed by atoms with Gasteiger partial charge < -0.3 is 4.74 Å². The first-order valence-electron chi connectivity index (χ1n) is 4.72. The van der Waals surface area contributed by atoms with Crippen molar-refractivity contribution in [3.63, 3.8) is 0 Å². The lowest BCUT2D eigenvalue weighted by Gasteiger charge is -2.09. The molecule has 1 heterocycles. The van der Waals surface area contributed by atoms with Gasteiger partial charge in [0.1, 0.15) is 5.25 Å². The Morgan fingerprint density at radius 3 is 2.67 bits per heavy atom. The average Bonchev–Trinajstić information content (AvgIpc) is 2.14. The fraction of sp³-hybridized carbons (Fsp3) is 0.455. The minimum atomic E-state index is -0.221. The Labute approximate surface area is 94.2 Å². The van der Waals surface area contributed by atoms with Gasteiger partial charge in [-0.3, -0.25) is 4.79 Å². The number of aryl methyl sites for hydroxylation is 2. The molecule has 0 spiro atoms. The van der Waals surface area contributed by atoms with E-state index in [1.54, 1.807) is 0 Å². The van der Waals surface area contributed by atoms with Gasteiger partial charge >= 0.3 is 5.97 Å². The molecule has 4 heteroatoms. The first kappa shape index (κ1) is 12.0. The third-order valence-electron chi connectivity index (χ3n) is 1.90. The van der Waals surface area contributed by atoms with Crippen LogP contribution in [-0.4, -0.2) is 23.3 Å². The van der Waals surface area contributed by atoms with Crippen LogP contribution in [0.25, 0.3) is 0 Å². The van der Waals surface area contributed by atoms with Gasteiger partial charge in [-0.1, -0.05) is 11.8 Å². The normalized spacial score (nSPS) is 12.3. The van der Waals surface area contributed by atoms with Crippen LogP contribution in [-0.2, 0) is 9.53 Å². The van der Waals surface area contributed by atoms with Crippen LogP contribution < -0.4 is 0 Å². The van der Waals surface area contributed by atoms with Crippen molar-refractivity contribution in [2.45, 2.75) is 31.0 Å². The smallest absolute Gasteiger partial charge is 0.318 e. The van der Waals surface area contributed by atoms with Crippen molar-refractivity contribution in [3.05, 3.63) is 23.4 Å². The molecular weight excluding hydrogens is 210 g/mol. The van der Waals surface area contributed by atoms with Crippen LogP contribution in [0.15, 0.2) is 17.2 Å². The van der Waals surface area contributed by atoms with E-state index < -0.39 is 0 Å². The van der Waals surface area contributed by atoms with E-state index in [9.17, 15) is 4.79 Å². The number of hydrogen-bond donors (Lipinski definition) is 0.